The van der Waals surface area contributed by atoms with E-state index in [4.69, 9.17) is 13.0 Å². The lowest BCUT2D eigenvalue weighted by molar-refractivity contribution is -0.161. The quantitative estimate of drug-likeness (QED) is 0.528. The minimum Gasteiger partial charge on any atom is -0.480 e. The molecular formula is C5H8O4. The fourth-order valence-corrected chi connectivity index (χ4v) is 0.0915. The van der Waals surface area contributed by atoms with E-state index in [2.05, 4.69) is 0 Å². The Kier molecular flexibility index (Phi) is 1.09. The van der Waals surface area contributed by atoms with Gasteiger partial charge in [0.25, 0.3) is 0 Å². The summed E-state index contributed by atoms with van der Waals surface area (Å²) in [5, 5.41) is 16.7. The van der Waals surface area contributed by atoms with Crippen molar-refractivity contribution in [3.63, 3.8) is 0 Å². The van der Waals surface area contributed by atoms with Gasteiger partial charge in [0.2, 0.25) is 0 Å². The molecule has 0 aromatic rings. The molecule has 0 heterocycles. The van der Waals surface area contributed by atoms with Crippen LogP contribution in [0.1, 0.15) is 16.5 Å². The molecule has 0 saturated carbocycles. The van der Waals surface area contributed by atoms with E-state index in [1.165, 1.54) is 0 Å². The molecule has 0 fully saturated rings. The minimum absolute atomic E-state index is 0.818. The molecular weight excluding hydrogens is 124 g/mol. The van der Waals surface area contributed by atoms with Crippen molar-refractivity contribution in [2.45, 2.75) is 13.8 Å². The molecule has 52 valence electrons. The summed E-state index contributed by atoms with van der Waals surface area (Å²) < 4.78 is 13.4. The molecule has 0 aliphatic heterocycles. The number of aliphatic carboxylic acids is 2. The van der Waals surface area contributed by atoms with Crippen molar-refractivity contribution in [1.82, 2.24) is 0 Å². The van der Waals surface area contributed by atoms with E-state index in [0.717, 1.165) is 0 Å². The number of carboxylic acids is 2. The summed E-state index contributed by atoms with van der Waals surface area (Å²) >= 11 is 0. The van der Waals surface area contributed by atoms with Crippen LogP contribution >= 0.6 is 0 Å². The third kappa shape index (κ3) is 1.42. The molecule has 0 rings (SSSR count). The van der Waals surface area contributed by atoms with Gasteiger partial charge in [-0.3, -0.25) is 9.59 Å². The molecule has 0 saturated heterocycles. The lowest BCUT2D eigenvalue weighted by Gasteiger charge is -2.10. The molecule has 0 spiro atoms. The first-order chi connectivity index (χ1) is 5.01. The van der Waals surface area contributed by atoms with Crippen LogP contribution in [-0.2, 0) is 9.59 Å². The van der Waals surface area contributed by atoms with Crippen molar-refractivity contribution < 1.29 is 22.5 Å². The van der Waals surface area contributed by atoms with Crippen LogP contribution in [0.5, 0.6) is 0 Å². The first kappa shape index (κ1) is 4.78. The Labute approximate surface area is 54.9 Å². The second kappa shape index (κ2) is 2.05. The molecule has 0 aromatic carbocycles. The molecule has 0 unspecified atom stereocenters. The highest BCUT2D eigenvalue weighted by Gasteiger charge is 2.35. The fraction of sp³-hybridized carbons (Fsp3) is 0.600. The highest BCUT2D eigenvalue weighted by Crippen LogP contribution is 2.13. The molecule has 0 amide bonds. The van der Waals surface area contributed by atoms with Gasteiger partial charge in [-0.1, -0.05) is 0 Å². The van der Waals surface area contributed by atoms with Crippen molar-refractivity contribution in [3.8, 4) is 0 Å². The average molecular weight is 134 g/mol. The van der Waals surface area contributed by atoms with Gasteiger partial charge in [-0.2, -0.15) is 0 Å². The van der Waals surface area contributed by atoms with E-state index < -0.39 is 31.2 Å². The maximum absolute atomic E-state index is 10.3. The average Bonchev–Trinajstić information content (AvgIpc) is 1.90. The van der Waals surface area contributed by atoms with Crippen molar-refractivity contribution in [2.75, 3.05) is 0 Å². The number of carboxylic acid groups (broad SMARTS) is 2. The second-order valence-electron chi connectivity index (χ2n) is 1.69. The van der Waals surface area contributed by atoms with Gasteiger partial charge in [0.1, 0.15) is 0 Å². The Morgan fingerprint density at radius 1 is 1.33 bits per heavy atom. The molecule has 0 bridgehead atoms. The van der Waals surface area contributed by atoms with Gasteiger partial charge in [0, 0.05) is 2.74 Å². The molecule has 0 aliphatic rings. The zero-order chi connectivity index (χ0) is 9.07. The summed E-state index contributed by atoms with van der Waals surface area (Å²) in [6.07, 6.45) is 0. The molecule has 2 N–H and O–H groups in total. The van der Waals surface area contributed by atoms with E-state index in [1.807, 2.05) is 0 Å². The Hall–Kier alpha value is -1.06. The highest BCUT2D eigenvalue weighted by atomic mass is 16.4. The molecule has 4 heteroatoms. The van der Waals surface area contributed by atoms with Crippen LogP contribution in [-0.4, -0.2) is 22.2 Å². The third-order valence-corrected chi connectivity index (χ3v) is 0.819. The Bertz CT molecular complexity index is 159. The van der Waals surface area contributed by atoms with E-state index in [9.17, 15) is 9.59 Å². The molecule has 4 nitrogen and oxygen atoms in total. The molecule has 0 atom stereocenters. The summed E-state index contributed by atoms with van der Waals surface area (Å²) in [7, 11) is 0. The number of rotatable bonds is 2. The zero-order valence-electron chi connectivity index (χ0n) is 6.63. The van der Waals surface area contributed by atoms with Gasteiger partial charge in [-0.05, 0) is 13.8 Å². The minimum atomic E-state index is -2.25. The van der Waals surface area contributed by atoms with E-state index in [1.54, 1.807) is 0 Å². The van der Waals surface area contributed by atoms with Gasteiger partial charge >= 0.3 is 11.9 Å². The van der Waals surface area contributed by atoms with E-state index in [-0.39, 0.29) is 0 Å². The Morgan fingerprint density at radius 2 is 1.67 bits per heavy atom. The van der Waals surface area contributed by atoms with Crippen molar-refractivity contribution in [2.24, 2.45) is 5.41 Å². The summed E-state index contributed by atoms with van der Waals surface area (Å²) in [5.41, 5.74) is -2.25. The second-order valence-corrected chi connectivity index (χ2v) is 1.69. The van der Waals surface area contributed by atoms with Crippen LogP contribution < -0.4 is 0 Å². The van der Waals surface area contributed by atoms with Gasteiger partial charge in [0.05, 0.1) is 0 Å². The number of hydrogen-bond donors (Lipinski definition) is 2. The lowest BCUT2D eigenvalue weighted by Crippen LogP contribution is -2.32. The largest absolute Gasteiger partial charge is 0.480 e. The molecule has 0 aromatic heterocycles. The SMILES string of the molecule is [2H]CC(C[2H])(C(=O)O)C(=O)O. The van der Waals surface area contributed by atoms with Crippen LogP contribution in [0.15, 0.2) is 0 Å². The first-order valence-corrected chi connectivity index (χ1v) is 2.06. The monoisotopic (exact) mass is 134 g/mol. The predicted molar refractivity (Wildman–Crippen MR) is 29.1 cm³/mol. The van der Waals surface area contributed by atoms with Crippen molar-refractivity contribution >= 4 is 11.9 Å². The lowest BCUT2D eigenvalue weighted by atomic mass is 9.95. The Morgan fingerprint density at radius 3 is 1.67 bits per heavy atom. The fourth-order valence-electron chi connectivity index (χ4n) is 0.0915. The molecule has 0 radical (unpaired) electrons. The van der Waals surface area contributed by atoms with Crippen LogP contribution in [0.4, 0.5) is 0 Å². The summed E-state index contributed by atoms with van der Waals surface area (Å²) in [6.45, 7) is -1.64. The topological polar surface area (TPSA) is 74.6 Å². The summed E-state index contributed by atoms with van der Waals surface area (Å²) in [5.74, 6) is -3.26. The zero-order valence-corrected chi connectivity index (χ0v) is 4.63. The van der Waals surface area contributed by atoms with E-state index in [0.29, 0.717) is 0 Å². The van der Waals surface area contributed by atoms with Gasteiger partial charge in [-0.25, -0.2) is 0 Å². The third-order valence-electron chi connectivity index (χ3n) is 0.819. The summed E-state index contributed by atoms with van der Waals surface area (Å²) in [6, 6.07) is 0. The number of carbonyl (C=O) groups is 2. The van der Waals surface area contributed by atoms with Gasteiger partial charge < -0.3 is 10.2 Å². The van der Waals surface area contributed by atoms with Crippen LogP contribution in [0, 0.1) is 5.41 Å². The van der Waals surface area contributed by atoms with Crippen molar-refractivity contribution in [1.29, 1.82) is 0 Å². The summed E-state index contributed by atoms with van der Waals surface area (Å²) in [4.78, 5) is 20.6. The van der Waals surface area contributed by atoms with Gasteiger partial charge in [0.15, 0.2) is 5.41 Å². The molecule has 9 heavy (non-hydrogen) atoms. The smallest absolute Gasteiger partial charge is 0.320 e. The first-order valence-electron chi connectivity index (χ1n) is 3.48. The standard InChI is InChI=1S/C5H8O4/c1-5(2,3(6)7)4(8)9/h1-2H3,(H,6,7)(H,8,9)/i1D,2D. The normalized spacial score (nSPS) is 13.8. The number of hydrogen-bond acceptors (Lipinski definition) is 2. The predicted octanol–water partition coefficient (Wildman–Crippen LogP) is 0.182. The molecule has 0 aliphatic carbocycles. The van der Waals surface area contributed by atoms with Crippen LogP contribution in [0.2, 0.25) is 0 Å². The highest BCUT2D eigenvalue weighted by molar-refractivity contribution is 5.97. The Balaban J connectivity index is 4.76. The van der Waals surface area contributed by atoms with Gasteiger partial charge in [-0.15, -0.1) is 0 Å². The maximum Gasteiger partial charge on any atom is 0.320 e. The van der Waals surface area contributed by atoms with Crippen LogP contribution in [0.25, 0.3) is 0 Å². The van der Waals surface area contributed by atoms with E-state index >= 15 is 0 Å². The van der Waals surface area contributed by atoms with Crippen LogP contribution in [0.3, 0.4) is 0 Å². The maximum atomic E-state index is 10.3. The van der Waals surface area contributed by atoms with Crippen molar-refractivity contribution in [3.05, 3.63) is 0 Å².